The standard InChI is InChI=1S/C30H38N2O4S/c33-29(34)22-11-12-25-24(19-22)28-23(10-8-18-32-15-5-2-6-16-32)27(30(35)36)21(20-26(28)37-25)9-7-17-31-13-3-1-4-14-31/h11-12,19-20H,1-10,13-18H2,(H,33,34)(H,35,36). The molecule has 5 rings (SSSR count). The summed E-state index contributed by atoms with van der Waals surface area (Å²) in [4.78, 5) is 29.5. The number of aryl methyl sites for hydroxylation is 2. The van der Waals surface area contributed by atoms with E-state index in [0.717, 1.165) is 89.8 Å². The van der Waals surface area contributed by atoms with Gasteiger partial charge in [0.15, 0.2) is 0 Å². The lowest BCUT2D eigenvalue weighted by Gasteiger charge is -2.27. The van der Waals surface area contributed by atoms with Gasteiger partial charge in [0.2, 0.25) is 0 Å². The van der Waals surface area contributed by atoms with Crippen molar-refractivity contribution in [2.75, 3.05) is 39.3 Å². The molecule has 37 heavy (non-hydrogen) atoms. The highest BCUT2D eigenvalue weighted by Gasteiger charge is 2.23. The molecule has 0 aliphatic carbocycles. The molecule has 0 amide bonds. The van der Waals surface area contributed by atoms with E-state index in [1.165, 1.54) is 38.5 Å². The lowest BCUT2D eigenvalue weighted by atomic mass is 9.90. The molecule has 6 nitrogen and oxygen atoms in total. The van der Waals surface area contributed by atoms with Crippen LogP contribution in [-0.4, -0.2) is 71.2 Å². The van der Waals surface area contributed by atoms with E-state index in [4.69, 9.17) is 0 Å². The molecule has 0 bridgehead atoms. The van der Waals surface area contributed by atoms with Gasteiger partial charge in [0.05, 0.1) is 11.1 Å². The molecular weight excluding hydrogens is 484 g/mol. The molecule has 0 unspecified atom stereocenters. The zero-order valence-corrected chi connectivity index (χ0v) is 22.5. The quantitative estimate of drug-likeness (QED) is 0.326. The van der Waals surface area contributed by atoms with Gasteiger partial charge in [-0.25, -0.2) is 9.59 Å². The average Bonchev–Trinajstić information content (AvgIpc) is 3.27. The predicted molar refractivity (Wildman–Crippen MR) is 150 cm³/mol. The summed E-state index contributed by atoms with van der Waals surface area (Å²) < 4.78 is 2.09. The van der Waals surface area contributed by atoms with Crippen LogP contribution in [-0.2, 0) is 12.8 Å². The second-order valence-corrected chi connectivity index (χ2v) is 11.8. The Kier molecular flexibility index (Phi) is 8.43. The van der Waals surface area contributed by atoms with Gasteiger partial charge in [0, 0.05) is 20.2 Å². The zero-order chi connectivity index (χ0) is 25.8. The average molecular weight is 523 g/mol. The van der Waals surface area contributed by atoms with Crippen molar-refractivity contribution in [1.29, 1.82) is 0 Å². The lowest BCUT2D eigenvalue weighted by molar-refractivity contribution is 0.0684. The van der Waals surface area contributed by atoms with Crippen LogP contribution in [0.5, 0.6) is 0 Å². The van der Waals surface area contributed by atoms with Gasteiger partial charge < -0.3 is 20.0 Å². The minimum absolute atomic E-state index is 0.244. The van der Waals surface area contributed by atoms with Gasteiger partial charge in [-0.3, -0.25) is 0 Å². The van der Waals surface area contributed by atoms with E-state index in [-0.39, 0.29) is 5.56 Å². The number of nitrogens with zero attached hydrogens (tertiary/aromatic N) is 2. The van der Waals surface area contributed by atoms with Crippen LogP contribution in [0.1, 0.15) is 83.2 Å². The van der Waals surface area contributed by atoms with Crippen molar-refractivity contribution in [1.82, 2.24) is 9.80 Å². The van der Waals surface area contributed by atoms with Crippen molar-refractivity contribution in [3.63, 3.8) is 0 Å². The molecule has 2 fully saturated rings. The topological polar surface area (TPSA) is 81.1 Å². The fourth-order valence-corrected chi connectivity index (χ4v) is 7.44. The van der Waals surface area contributed by atoms with Crippen molar-refractivity contribution < 1.29 is 19.8 Å². The Morgan fingerprint density at radius 1 is 0.757 bits per heavy atom. The van der Waals surface area contributed by atoms with E-state index in [1.54, 1.807) is 23.5 Å². The summed E-state index contributed by atoms with van der Waals surface area (Å²) in [5.74, 6) is -1.82. The number of hydrogen-bond acceptors (Lipinski definition) is 5. The van der Waals surface area contributed by atoms with Gasteiger partial charge in [0.1, 0.15) is 0 Å². The molecular formula is C30H38N2O4S. The minimum Gasteiger partial charge on any atom is -0.478 e. The van der Waals surface area contributed by atoms with Gasteiger partial charge in [-0.1, -0.05) is 12.8 Å². The highest BCUT2D eigenvalue weighted by Crippen LogP contribution is 2.40. The highest BCUT2D eigenvalue weighted by molar-refractivity contribution is 7.25. The molecule has 2 aliphatic heterocycles. The number of piperidine rings is 2. The number of fused-ring (bicyclic) bond motifs is 3. The van der Waals surface area contributed by atoms with Crippen molar-refractivity contribution >= 4 is 43.4 Å². The molecule has 7 heteroatoms. The molecule has 198 valence electrons. The number of rotatable bonds is 10. The van der Waals surface area contributed by atoms with Gasteiger partial charge in [-0.15, -0.1) is 11.3 Å². The van der Waals surface area contributed by atoms with Crippen LogP contribution in [0.25, 0.3) is 20.2 Å². The van der Waals surface area contributed by atoms with Gasteiger partial charge in [-0.2, -0.15) is 0 Å². The van der Waals surface area contributed by atoms with Crippen LogP contribution in [0.2, 0.25) is 0 Å². The van der Waals surface area contributed by atoms with Crippen LogP contribution in [0.3, 0.4) is 0 Å². The monoisotopic (exact) mass is 522 g/mol. The molecule has 0 spiro atoms. The fraction of sp³-hybridized carbons (Fsp3) is 0.533. The van der Waals surface area contributed by atoms with Crippen LogP contribution in [0.4, 0.5) is 0 Å². The molecule has 1 aromatic heterocycles. The SMILES string of the molecule is O=C(O)c1ccc2sc3cc(CCCN4CCCCC4)c(C(=O)O)c(CCCN4CCCCC4)c3c2c1. The first kappa shape index (κ1) is 26.1. The number of thiophene rings is 1. The lowest BCUT2D eigenvalue weighted by Crippen LogP contribution is -2.31. The largest absolute Gasteiger partial charge is 0.478 e. The minimum atomic E-state index is -0.958. The predicted octanol–water partition coefficient (Wildman–Crippen LogP) is 6.29. The van der Waals surface area contributed by atoms with E-state index >= 15 is 0 Å². The van der Waals surface area contributed by atoms with Crippen LogP contribution >= 0.6 is 11.3 Å². The Morgan fingerprint density at radius 3 is 1.97 bits per heavy atom. The maximum Gasteiger partial charge on any atom is 0.336 e. The van der Waals surface area contributed by atoms with E-state index in [1.807, 2.05) is 6.07 Å². The van der Waals surface area contributed by atoms with Crippen LogP contribution in [0.15, 0.2) is 24.3 Å². The molecule has 2 aliphatic rings. The maximum atomic E-state index is 12.7. The van der Waals surface area contributed by atoms with Gasteiger partial charge in [0.25, 0.3) is 0 Å². The summed E-state index contributed by atoms with van der Waals surface area (Å²) in [7, 11) is 0. The molecule has 3 aromatic rings. The van der Waals surface area contributed by atoms with E-state index in [2.05, 4.69) is 15.9 Å². The Morgan fingerprint density at radius 2 is 1.38 bits per heavy atom. The molecule has 2 saturated heterocycles. The number of likely N-dealkylation sites (tertiary alicyclic amines) is 2. The Bertz CT molecular complexity index is 1270. The maximum absolute atomic E-state index is 12.7. The first-order valence-electron chi connectivity index (χ1n) is 13.9. The number of carboxylic acid groups (broad SMARTS) is 2. The summed E-state index contributed by atoms with van der Waals surface area (Å²) in [5, 5.41) is 21.9. The molecule has 3 heterocycles. The van der Waals surface area contributed by atoms with Crippen molar-refractivity contribution in [2.45, 2.75) is 64.2 Å². The summed E-state index contributed by atoms with van der Waals surface area (Å²) in [6.07, 6.45) is 10.9. The Hall–Kier alpha value is -2.48. The Balaban J connectivity index is 1.51. The number of hydrogen-bond donors (Lipinski definition) is 2. The van der Waals surface area contributed by atoms with E-state index in [0.29, 0.717) is 12.0 Å². The molecule has 0 saturated carbocycles. The first-order chi connectivity index (χ1) is 18.0. The normalized spacial score (nSPS) is 17.5. The van der Waals surface area contributed by atoms with Gasteiger partial charge in [-0.05, 0) is 126 Å². The summed E-state index contributed by atoms with van der Waals surface area (Å²) >= 11 is 1.65. The number of benzene rings is 2. The summed E-state index contributed by atoms with van der Waals surface area (Å²) in [6.45, 7) is 6.53. The van der Waals surface area contributed by atoms with E-state index in [9.17, 15) is 19.8 Å². The number of carboxylic acids is 2. The van der Waals surface area contributed by atoms with E-state index < -0.39 is 11.9 Å². The second kappa shape index (κ2) is 11.9. The zero-order valence-electron chi connectivity index (χ0n) is 21.6. The third kappa shape index (κ3) is 6.00. The molecule has 2 aromatic carbocycles. The first-order valence-corrected chi connectivity index (χ1v) is 14.8. The van der Waals surface area contributed by atoms with Crippen molar-refractivity contribution in [3.05, 3.63) is 46.5 Å². The summed E-state index contributed by atoms with van der Waals surface area (Å²) in [6, 6.07) is 7.33. The van der Waals surface area contributed by atoms with Crippen molar-refractivity contribution in [3.8, 4) is 0 Å². The summed E-state index contributed by atoms with van der Waals surface area (Å²) in [5.41, 5.74) is 2.51. The number of carbonyl (C=O) groups is 2. The van der Waals surface area contributed by atoms with Crippen molar-refractivity contribution in [2.24, 2.45) is 0 Å². The van der Waals surface area contributed by atoms with Crippen LogP contribution < -0.4 is 0 Å². The smallest absolute Gasteiger partial charge is 0.336 e. The molecule has 0 atom stereocenters. The van der Waals surface area contributed by atoms with Gasteiger partial charge >= 0.3 is 11.9 Å². The van der Waals surface area contributed by atoms with Crippen LogP contribution in [0, 0.1) is 0 Å². The fourth-order valence-electron chi connectivity index (χ4n) is 6.26. The molecule has 2 N–H and O–H groups in total. The third-order valence-corrected chi connectivity index (χ3v) is 9.24. The second-order valence-electron chi connectivity index (χ2n) is 10.7. The highest BCUT2D eigenvalue weighted by atomic mass is 32.1. The number of aromatic carboxylic acids is 2. The molecule has 0 radical (unpaired) electrons. The third-order valence-electron chi connectivity index (χ3n) is 8.12. The Labute approximate surface area is 222 Å².